The Morgan fingerprint density at radius 1 is 0.647 bits per heavy atom. The first-order chi connectivity index (χ1) is 16.6. The lowest BCUT2D eigenvalue weighted by atomic mass is 10.0. The third-order valence-electron chi connectivity index (χ3n) is 5.80. The Balaban J connectivity index is 1.82. The van der Waals surface area contributed by atoms with Crippen LogP contribution < -0.4 is 0 Å². The quantitative estimate of drug-likeness (QED) is 0.295. The monoisotopic (exact) mass is 452 g/mol. The van der Waals surface area contributed by atoms with Gasteiger partial charge in [-0.3, -0.25) is 0 Å². The smallest absolute Gasteiger partial charge is 0.340 e. The number of H-pyrrole nitrogens is 2. The van der Waals surface area contributed by atoms with E-state index < -0.39 is 11.9 Å². The highest BCUT2D eigenvalue weighted by Gasteiger charge is 2.25. The molecule has 0 amide bonds. The van der Waals surface area contributed by atoms with E-state index in [0.717, 1.165) is 22.2 Å². The topological polar surface area (TPSA) is 84.2 Å². The van der Waals surface area contributed by atoms with E-state index in [2.05, 4.69) is 9.97 Å². The molecule has 170 valence electrons. The molecular formula is C28H24N2O4. The summed E-state index contributed by atoms with van der Waals surface area (Å²) in [6.07, 6.45) is 0. The van der Waals surface area contributed by atoms with Gasteiger partial charge in [0.25, 0.3) is 0 Å². The van der Waals surface area contributed by atoms with E-state index in [9.17, 15) is 9.59 Å². The number of nitrogens with one attached hydrogen (secondary N) is 2. The summed E-state index contributed by atoms with van der Waals surface area (Å²) in [5.74, 6) is -0.827. The van der Waals surface area contributed by atoms with E-state index in [0.29, 0.717) is 33.3 Å². The first kappa shape index (κ1) is 21.5. The summed E-state index contributed by atoms with van der Waals surface area (Å²) in [4.78, 5) is 32.9. The predicted molar refractivity (Wildman–Crippen MR) is 133 cm³/mol. The fourth-order valence-corrected chi connectivity index (χ4v) is 4.36. The maximum atomic E-state index is 13.1. The zero-order chi connectivity index (χ0) is 23.7. The summed E-state index contributed by atoms with van der Waals surface area (Å²) in [5.41, 5.74) is 5.55. The summed E-state index contributed by atoms with van der Waals surface area (Å²) in [6, 6.07) is 23.1. The number of carbonyl (C=O) groups excluding carboxylic acids is 2. The minimum Gasteiger partial charge on any atom is -0.462 e. The molecule has 0 bridgehead atoms. The molecule has 6 heteroatoms. The van der Waals surface area contributed by atoms with Gasteiger partial charge in [0.15, 0.2) is 0 Å². The zero-order valence-corrected chi connectivity index (χ0v) is 19.0. The number of ether oxygens (including phenoxy) is 2. The molecule has 5 aromatic rings. The van der Waals surface area contributed by atoms with E-state index in [-0.39, 0.29) is 13.2 Å². The van der Waals surface area contributed by atoms with Crippen LogP contribution in [0.25, 0.3) is 44.3 Å². The first-order valence-corrected chi connectivity index (χ1v) is 11.3. The molecule has 0 spiro atoms. The second-order valence-corrected chi connectivity index (χ2v) is 7.87. The average molecular weight is 453 g/mol. The van der Waals surface area contributed by atoms with E-state index in [1.54, 1.807) is 13.8 Å². The Labute approximate surface area is 196 Å². The van der Waals surface area contributed by atoms with Crippen LogP contribution in [0.5, 0.6) is 0 Å². The largest absolute Gasteiger partial charge is 0.462 e. The van der Waals surface area contributed by atoms with Crippen LogP contribution in [0.1, 0.15) is 34.6 Å². The first-order valence-electron chi connectivity index (χ1n) is 11.3. The van der Waals surface area contributed by atoms with Gasteiger partial charge in [0.05, 0.1) is 35.7 Å². The SMILES string of the molecule is CCOC(=O)c1c(-c2ccccc2)[nH]c2cc3[nH]c(-c4ccccc4)c(C(=O)OCC)c3cc12. The highest BCUT2D eigenvalue weighted by molar-refractivity contribution is 6.17. The highest BCUT2D eigenvalue weighted by atomic mass is 16.5. The fraction of sp³-hybridized carbons (Fsp3) is 0.143. The third-order valence-corrected chi connectivity index (χ3v) is 5.80. The molecule has 34 heavy (non-hydrogen) atoms. The maximum Gasteiger partial charge on any atom is 0.340 e. The van der Waals surface area contributed by atoms with Crippen molar-refractivity contribution in [2.24, 2.45) is 0 Å². The number of carbonyl (C=O) groups is 2. The third kappa shape index (κ3) is 3.63. The number of esters is 2. The van der Waals surface area contributed by atoms with Gasteiger partial charge in [-0.05, 0) is 37.1 Å². The Hall–Kier alpha value is -4.32. The molecule has 2 N–H and O–H groups in total. The van der Waals surface area contributed by atoms with Crippen molar-refractivity contribution in [1.82, 2.24) is 9.97 Å². The number of benzene rings is 3. The van der Waals surface area contributed by atoms with Gasteiger partial charge in [-0.15, -0.1) is 0 Å². The van der Waals surface area contributed by atoms with Crippen molar-refractivity contribution in [2.75, 3.05) is 13.2 Å². The summed E-state index contributed by atoms with van der Waals surface area (Å²) < 4.78 is 10.8. The van der Waals surface area contributed by atoms with Crippen LogP contribution in [-0.4, -0.2) is 35.1 Å². The van der Waals surface area contributed by atoms with Crippen LogP contribution in [0.3, 0.4) is 0 Å². The minimum atomic E-state index is -0.413. The summed E-state index contributed by atoms with van der Waals surface area (Å²) >= 11 is 0. The van der Waals surface area contributed by atoms with Crippen molar-refractivity contribution in [3.05, 3.63) is 83.9 Å². The van der Waals surface area contributed by atoms with Crippen LogP contribution in [0.2, 0.25) is 0 Å². The molecule has 0 unspecified atom stereocenters. The normalized spacial score (nSPS) is 11.1. The molecule has 6 nitrogen and oxygen atoms in total. The lowest BCUT2D eigenvalue weighted by Gasteiger charge is -2.06. The summed E-state index contributed by atoms with van der Waals surface area (Å²) in [5, 5.41) is 1.38. The molecule has 0 aliphatic rings. The molecule has 3 aromatic carbocycles. The number of fused-ring (bicyclic) bond motifs is 2. The number of aromatic nitrogens is 2. The fourth-order valence-electron chi connectivity index (χ4n) is 4.36. The van der Waals surface area contributed by atoms with Gasteiger partial charge >= 0.3 is 11.9 Å². The molecule has 0 radical (unpaired) electrons. The molecule has 2 heterocycles. The number of hydrogen-bond donors (Lipinski definition) is 2. The van der Waals surface area contributed by atoms with E-state index in [1.807, 2.05) is 72.8 Å². The molecule has 0 aliphatic heterocycles. The van der Waals surface area contributed by atoms with Crippen LogP contribution in [0.4, 0.5) is 0 Å². The summed E-state index contributed by atoms with van der Waals surface area (Å²) in [6.45, 7) is 4.09. The molecular weight excluding hydrogens is 428 g/mol. The Morgan fingerprint density at radius 3 is 1.44 bits per heavy atom. The lowest BCUT2D eigenvalue weighted by Crippen LogP contribution is -2.06. The maximum absolute atomic E-state index is 13.1. The van der Waals surface area contributed by atoms with Crippen molar-refractivity contribution in [3.8, 4) is 22.5 Å². The number of rotatable bonds is 6. The molecule has 0 atom stereocenters. The van der Waals surface area contributed by atoms with E-state index in [4.69, 9.17) is 9.47 Å². The molecule has 0 saturated carbocycles. The summed E-state index contributed by atoms with van der Waals surface area (Å²) in [7, 11) is 0. The molecule has 5 rings (SSSR count). The number of hydrogen-bond acceptors (Lipinski definition) is 4. The van der Waals surface area contributed by atoms with Gasteiger partial charge in [0.1, 0.15) is 0 Å². The van der Waals surface area contributed by atoms with Crippen molar-refractivity contribution in [2.45, 2.75) is 13.8 Å². The second kappa shape index (κ2) is 8.90. The lowest BCUT2D eigenvalue weighted by molar-refractivity contribution is 0.0520. The van der Waals surface area contributed by atoms with Crippen LogP contribution >= 0.6 is 0 Å². The van der Waals surface area contributed by atoms with Crippen molar-refractivity contribution in [3.63, 3.8) is 0 Å². The van der Waals surface area contributed by atoms with Crippen molar-refractivity contribution >= 4 is 33.7 Å². The number of aromatic amines is 2. The predicted octanol–water partition coefficient (Wildman–Crippen LogP) is 6.34. The van der Waals surface area contributed by atoms with E-state index >= 15 is 0 Å². The van der Waals surface area contributed by atoms with Gasteiger partial charge < -0.3 is 19.4 Å². The van der Waals surface area contributed by atoms with Gasteiger partial charge in [-0.2, -0.15) is 0 Å². The zero-order valence-electron chi connectivity index (χ0n) is 19.0. The van der Waals surface area contributed by atoms with Gasteiger partial charge in [0, 0.05) is 21.8 Å². The Morgan fingerprint density at radius 2 is 1.06 bits per heavy atom. The Kier molecular flexibility index (Phi) is 5.64. The van der Waals surface area contributed by atoms with Crippen LogP contribution in [0.15, 0.2) is 72.8 Å². The highest BCUT2D eigenvalue weighted by Crippen LogP contribution is 2.37. The van der Waals surface area contributed by atoms with Crippen molar-refractivity contribution < 1.29 is 19.1 Å². The molecule has 0 fully saturated rings. The standard InChI is InChI=1S/C28H24N2O4/c1-3-33-27(31)23-19-15-20-22(16-21(19)29-25(23)17-11-7-5-8-12-17)30-26(18-13-9-6-10-14-18)24(20)28(32)34-4-2/h5-16,29-30H,3-4H2,1-2H3. The van der Waals surface area contributed by atoms with Crippen LogP contribution in [-0.2, 0) is 9.47 Å². The van der Waals surface area contributed by atoms with E-state index in [1.165, 1.54) is 0 Å². The molecule has 2 aromatic heterocycles. The second-order valence-electron chi connectivity index (χ2n) is 7.87. The Bertz CT molecular complexity index is 1390. The molecule has 0 aliphatic carbocycles. The van der Waals surface area contributed by atoms with Gasteiger partial charge in [-0.25, -0.2) is 9.59 Å². The molecule has 0 saturated heterocycles. The van der Waals surface area contributed by atoms with Crippen LogP contribution in [0, 0.1) is 0 Å². The van der Waals surface area contributed by atoms with Gasteiger partial charge in [0.2, 0.25) is 0 Å². The van der Waals surface area contributed by atoms with Gasteiger partial charge in [-0.1, -0.05) is 60.7 Å². The minimum absolute atomic E-state index is 0.262. The van der Waals surface area contributed by atoms with Crippen molar-refractivity contribution in [1.29, 1.82) is 0 Å². The average Bonchev–Trinajstić information content (AvgIpc) is 3.42.